The molecule has 5 N–H and O–H groups in total. The van der Waals surface area contributed by atoms with Gasteiger partial charge in [-0.1, -0.05) is 24.3 Å². The molecule has 0 aliphatic heterocycles. The Labute approximate surface area is 98.8 Å². The Hall–Kier alpha value is -1.69. The summed E-state index contributed by atoms with van der Waals surface area (Å²) in [7, 11) is 0. The number of aliphatic hydroxyl groups excluding tert-OH is 2. The number of carboxylic acids is 1. The fourth-order valence-electron chi connectivity index (χ4n) is 1.32. The van der Waals surface area contributed by atoms with Crippen molar-refractivity contribution in [3.05, 3.63) is 41.5 Å². The molecule has 0 saturated heterocycles. The number of nitrogens with two attached hydrogens (primary N) is 1. The summed E-state index contributed by atoms with van der Waals surface area (Å²) in [4.78, 5) is 10.3. The zero-order valence-corrected chi connectivity index (χ0v) is 9.15. The van der Waals surface area contributed by atoms with Crippen molar-refractivity contribution in [3.63, 3.8) is 0 Å². The lowest BCUT2D eigenvalue weighted by molar-refractivity contribution is -0.131. The minimum Gasteiger partial charge on any atom is -0.478 e. The first kappa shape index (κ1) is 13.4. The highest BCUT2D eigenvalue weighted by molar-refractivity contribution is 5.85. The third-order valence-electron chi connectivity index (χ3n) is 2.30. The number of aliphatic hydroxyl groups is 2. The highest BCUT2D eigenvalue weighted by Gasteiger charge is 2.15. The molecule has 2 unspecified atom stereocenters. The second-order valence-corrected chi connectivity index (χ2v) is 3.59. The van der Waals surface area contributed by atoms with Gasteiger partial charge in [-0.3, -0.25) is 0 Å². The quantitative estimate of drug-likeness (QED) is 0.545. The van der Waals surface area contributed by atoms with Crippen LogP contribution in [0.2, 0.25) is 0 Å². The highest BCUT2D eigenvalue weighted by Crippen LogP contribution is 2.17. The van der Waals surface area contributed by atoms with Crippen molar-refractivity contribution in [1.82, 2.24) is 0 Å². The van der Waals surface area contributed by atoms with Gasteiger partial charge in [0, 0.05) is 12.6 Å². The SMILES string of the molecule is NCC(O)C(O)c1ccc(/C=C/C(=O)O)cc1. The van der Waals surface area contributed by atoms with Crippen LogP contribution < -0.4 is 5.73 Å². The van der Waals surface area contributed by atoms with Crippen LogP contribution >= 0.6 is 0 Å². The molecule has 0 amide bonds. The van der Waals surface area contributed by atoms with Crippen molar-refractivity contribution in [2.75, 3.05) is 6.54 Å². The Balaban J connectivity index is 2.77. The lowest BCUT2D eigenvalue weighted by Crippen LogP contribution is -2.27. The Bertz CT molecular complexity index is 399. The number of carboxylic acid groups (broad SMARTS) is 1. The average Bonchev–Trinajstić information content (AvgIpc) is 2.35. The predicted molar refractivity (Wildman–Crippen MR) is 63.1 cm³/mol. The molecule has 5 nitrogen and oxygen atoms in total. The molecular weight excluding hydrogens is 222 g/mol. The van der Waals surface area contributed by atoms with Crippen molar-refractivity contribution in [3.8, 4) is 0 Å². The minimum absolute atomic E-state index is 0.0260. The van der Waals surface area contributed by atoms with Gasteiger partial charge in [0.2, 0.25) is 0 Å². The van der Waals surface area contributed by atoms with E-state index in [1.54, 1.807) is 24.3 Å². The Kier molecular flexibility index (Phi) is 4.84. The van der Waals surface area contributed by atoms with E-state index >= 15 is 0 Å². The zero-order valence-electron chi connectivity index (χ0n) is 9.15. The fraction of sp³-hybridized carbons (Fsp3) is 0.250. The topological polar surface area (TPSA) is 104 Å². The van der Waals surface area contributed by atoms with Crippen LogP contribution in [0, 0.1) is 0 Å². The van der Waals surface area contributed by atoms with Crippen LogP contribution in [0.1, 0.15) is 17.2 Å². The normalized spacial score (nSPS) is 14.8. The number of rotatable bonds is 5. The van der Waals surface area contributed by atoms with Gasteiger partial charge in [0.1, 0.15) is 6.10 Å². The van der Waals surface area contributed by atoms with E-state index < -0.39 is 18.2 Å². The highest BCUT2D eigenvalue weighted by atomic mass is 16.4. The number of carbonyl (C=O) groups is 1. The van der Waals surface area contributed by atoms with Gasteiger partial charge in [-0.25, -0.2) is 4.79 Å². The van der Waals surface area contributed by atoms with E-state index in [1.165, 1.54) is 6.08 Å². The first-order chi connectivity index (χ1) is 8.04. The van der Waals surface area contributed by atoms with Gasteiger partial charge in [-0.15, -0.1) is 0 Å². The molecule has 0 bridgehead atoms. The molecule has 0 aliphatic rings. The van der Waals surface area contributed by atoms with Gasteiger partial charge in [0.25, 0.3) is 0 Å². The van der Waals surface area contributed by atoms with E-state index in [9.17, 15) is 15.0 Å². The van der Waals surface area contributed by atoms with Gasteiger partial charge in [-0.2, -0.15) is 0 Å². The van der Waals surface area contributed by atoms with Gasteiger partial charge in [0.05, 0.1) is 6.10 Å². The monoisotopic (exact) mass is 237 g/mol. The summed E-state index contributed by atoms with van der Waals surface area (Å²) < 4.78 is 0. The predicted octanol–water partition coefficient (Wildman–Crippen LogP) is 0.137. The zero-order chi connectivity index (χ0) is 12.8. The molecule has 0 aromatic heterocycles. The maximum Gasteiger partial charge on any atom is 0.328 e. The standard InChI is InChI=1S/C12H15NO4/c13-7-10(14)12(17)9-4-1-8(2-5-9)3-6-11(15)16/h1-6,10,12,14,17H,7,13H2,(H,15,16)/b6-3+. The molecule has 5 heteroatoms. The molecule has 1 rings (SSSR count). The Morgan fingerprint density at radius 2 is 1.88 bits per heavy atom. The van der Waals surface area contributed by atoms with Crippen LogP contribution in [0.15, 0.2) is 30.3 Å². The maximum absolute atomic E-state index is 10.3. The number of hydrogen-bond donors (Lipinski definition) is 4. The number of aliphatic carboxylic acids is 1. The summed E-state index contributed by atoms with van der Waals surface area (Å²) in [5.41, 5.74) is 6.47. The van der Waals surface area contributed by atoms with Gasteiger partial charge < -0.3 is 21.1 Å². The van der Waals surface area contributed by atoms with Crippen molar-refractivity contribution >= 4 is 12.0 Å². The molecule has 0 fully saturated rings. The van der Waals surface area contributed by atoms with Crippen LogP contribution in [0.5, 0.6) is 0 Å². The third-order valence-corrected chi connectivity index (χ3v) is 2.30. The second kappa shape index (κ2) is 6.15. The minimum atomic E-state index is -1.03. The van der Waals surface area contributed by atoms with E-state index in [0.717, 1.165) is 6.08 Å². The molecule has 0 aliphatic carbocycles. The number of benzene rings is 1. The summed E-state index contributed by atoms with van der Waals surface area (Å²) >= 11 is 0. The summed E-state index contributed by atoms with van der Waals surface area (Å²) in [6.07, 6.45) is 0.436. The number of hydrogen-bond acceptors (Lipinski definition) is 4. The van der Waals surface area contributed by atoms with Crippen LogP contribution in [-0.2, 0) is 4.79 Å². The van der Waals surface area contributed by atoms with Crippen LogP contribution in [0.4, 0.5) is 0 Å². The maximum atomic E-state index is 10.3. The molecule has 0 saturated carbocycles. The molecular formula is C12H15NO4. The molecule has 0 spiro atoms. The Morgan fingerprint density at radius 3 is 2.35 bits per heavy atom. The smallest absolute Gasteiger partial charge is 0.328 e. The molecule has 92 valence electrons. The lowest BCUT2D eigenvalue weighted by Gasteiger charge is -2.16. The Morgan fingerprint density at radius 1 is 1.29 bits per heavy atom. The second-order valence-electron chi connectivity index (χ2n) is 3.59. The molecule has 1 aromatic rings. The fourth-order valence-corrected chi connectivity index (χ4v) is 1.32. The van der Waals surface area contributed by atoms with E-state index in [-0.39, 0.29) is 6.54 Å². The van der Waals surface area contributed by atoms with Crippen molar-refractivity contribution < 1.29 is 20.1 Å². The largest absolute Gasteiger partial charge is 0.478 e. The summed E-state index contributed by atoms with van der Waals surface area (Å²) in [5.74, 6) is -1.02. The van der Waals surface area contributed by atoms with Crippen molar-refractivity contribution in [2.24, 2.45) is 5.73 Å². The van der Waals surface area contributed by atoms with Crippen LogP contribution in [-0.4, -0.2) is 33.9 Å². The van der Waals surface area contributed by atoms with E-state index in [0.29, 0.717) is 11.1 Å². The molecule has 17 heavy (non-hydrogen) atoms. The third kappa shape index (κ3) is 3.99. The summed E-state index contributed by atoms with van der Waals surface area (Å²) in [5, 5.41) is 27.5. The van der Waals surface area contributed by atoms with Crippen molar-refractivity contribution in [1.29, 1.82) is 0 Å². The molecule has 0 heterocycles. The molecule has 0 radical (unpaired) electrons. The first-order valence-electron chi connectivity index (χ1n) is 5.11. The van der Waals surface area contributed by atoms with Gasteiger partial charge in [-0.05, 0) is 17.2 Å². The van der Waals surface area contributed by atoms with Gasteiger partial charge in [0.15, 0.2) is 0 Å². The van der Waals surface area contributed by atoms with Crippen LogP contribution in [0.25, 0.3) is 6.08 Å². The van der Waals surface area contributed by atoms with E-state index in [4.69, 9.17) is 10.8 Å². The lowest BCUT2D eigenvalue weighted by atomic mass is 10.0. The summed E-state index contributed by atoms with van der Waals surface area (Å²) in [6.45, 7) is -0.0260. The summed E-state index contributed by atoms with van der Waals surface area (Å²) in [6, 6.07) is 6.54. The van der Waals surface area contributed by atoms with Gasteiger partial charge >= 0.3 is 5.97 Å². The van der Waals surface area contributed by atoms with Crippen molar-refractivity contribution in [2.45, 2.75) is 12.2 Å². The molecule has 1 aromatic carbocycles. The average molecular weight is 237 g/mol. The first-order valence-corrected chi connectivity index (χ1v) is 5.11. The van der Waals surface area contributed by atoms with E-state index in [1.807, 2.05) is 0 Å². The molecule has 2 atom stereocenters. The van der Waals surface area contributed by atoms with E-state index in [2.05, 4.69) is 0 Å². The van der Waals surface area contributed by atoms with Crippen LogP contribution in [0.3, 0.4) is 0 Å².